The van der Waals surface area contributed by atoms with Crippen molar-refractivity contribution in [1.82, 2.24) is 9.97 Å². The van der Waals surface area contributed by atoms with E-state index in [1.165, 1.54) is 23.6 Å². The van der Waals surface area contributed by atoms with E-state index in [1.54, 1.807) is 17.5 Å². The van der Waals surface area contributed by atoms with Gasteiger partial charge in [-0.1, -0.05) is 0 Å². The highest BCUT2D eigenvalue weighted by atomic mass is 32.1. The van der Waals surface area contributed by atoms with Gasteiger partial charge in [0.15, 0.2) is 0 Å². The molecule has 0 saturated heterocycles. The number of aromatic amines is 1. The predicted octanol–water partition coefficient (Wildman–Crippen LogP) is 1.87. The summed E-state index contributed by atoms with van der Waals surface area (Å²) in [5, 5.41) is 10.4. The Morgan fingerprint density at radius 3 is 3.06 bits per heavy atom. The Kier molecular flexibility index (Phi) is 2.94. The molecule has 2 rings (SSSR count). The lowest BCUT2D eigenvalue weighted by Crippen LogP contribution is -2.05. The number of thiophene rings is 1. The number of aromatic nitrogens is 2. The molecule has 0 radical (unpaired) electrons. The molecule has 0 aliphatic rings. The summed E-state index contributed by atoms with van der Waals surface area (Å²) in [6.45, 7) is 0. The molecular formula is C11H7N3OS. The fourth-order valence-electron chi connectivity index (χ4n) is 1.13. The SMILES string of the molecule is N#Cc1csc(C=Cc2nccc(=O)[nH]2)c1. The zero-order chi connectivity index (χ0) is 11.4. The van der Waals surface area contributed by atoms with Crippen LogP contribution < -0.4 is 5.56 Å². The van der Waals surface area contributed by atoms with Crippen LogP contribution in [0.5, 0.6) is 0 Å². The monoisotopic (exact) mass is 229 g/mol. The standard InChI is InChI=1S/C11H7N3OS/c12-6-8-5-9(16-7-8)1-2-10-13-4-3-11(15)14-10/h1-5,7H,(H,13,14,15). The van der Waals surface area contributed by atoms with Crippen LogP contribution in [0.25, 0.3) is 12.2 Å². The van der Waals surface area contributed by atoms with Crippen molar-refractivity contribution in [2.45, 2.75) is 0 Å². The van der Waals surface area contributed by atoms with E-state index in [2.05, 4.69) is 16.0 Å². The summed E-state index contributed by atoms with van der Waals surface area (Å²) in [6, 6.07) is 5.20. The third-order valence-corrected chi connectivity index (χ3v) is 2.74. The summed E-state index contributed by atoms with van der Waals surface area (Å²) < 4.78 is 0. The van der Waals surface area contributed by atoms with Gasteiger partial charge in [0, 0.05) is 22.5 Å². The topological polar surface area (TPSA) is 69.5 Å². The Balaban J connectivity index is 2.21. The van der Waals surface area contributed by atoms with Crippen molar-refractivity contribution in [3.8, 4) is 6.07 Å². The van der Waals surface area contributed by atoms with Crippen molar-refractivity contribution in [3.05, 3.63) is 50.3 Å². The molecule has 0 aliphatic carbocycles. The second-order valence-corrected chi connectivity index (χ2v) is 3.95. The van der Waals surface area contributed by atoms with E-state index in [0.29, 0.717) is 11.4 Å². The van der Waals surface area contributed by atoms with Crippen LogP contribution in [0.3, 0.4) is 0 Å². The summed E-state index contributed by atoms with van der Waals surface area (Å²) in [4.78, 5) is 18.5. The maximum atomic E-state index is 11.0. The molecule has 0 atom stereocenters. The summed E-state index contributed by atoms with van der Waals surface area (Å²) in [6.07, 6.45) is 4.96. The molecule has 1 N–H and O–H groups in total. The van der Waals surface area contributed by atoms with Crippen molar-refractivity contribution >= 4 is 23.5 Å². The van der Waals surface area contributed by atoms with Crippen LogP contribution in [0.1, 0.15) is 16.3 Å². The second kappa shape index (κ2) is 4.55. The highest BCUT2D eigenvalue weighted by Crippen LogP contribution is 2.15. The molecule has 16 heavy (non-hydrogen) atoms. The van der Waals surface area contributed by atoms with E-state index in [1.807, 2.05) is 6.08 Å². The predicted molar refractivity (Wildman–Crippen MR) is 62.8 cm³/mol. The highest BCUT2D eigenvalue weighted by molar-refractivity contribution is 7.11. The summed E-state index contributed by atoms with van der Waals surface area (Å²) in [5.41, 5.74) is 0.456. The van der Waals surface area contributed by atoms with E-state index in [-0.39, 0.29) is 5.56 Å². The van der Waals surface area contributed by atoms with Gasteiger partial charge in [0.05, 0.1) is 5.56 Å². The van der Waals surface area contributed by atoms with E-state index in [0.717, 1.165) is 4.88 Å². The lowest BCUT2D eigenvalue weighted by molar-refractivity contribution is 1.09. The van der Waals surface area contributed by atoms with E-state index in [4.69, 9.17) is 5.26 Å². The normalized spacial score (nSPS) is 10.4. The van der Waals surface area contributed by atoms with E-state index in [9.17, 15) is 4.79 Å². The Morgan fingerprint density at radius 2 is 2.38 bits per heavy atom. The van der Waals surface area contributed by atoms with Crippen LogP contribution >= 0.6 is 11.3 Å². The molecule has 4 nitrogen and oxygen atoms in total. The third-order valence-electron chi connectivity index (χ3n) is 1.85. The summed E-state index contributed by atoms with van der Waals surface area (Å²) in [7, 11) is 0. The average molecular weight is 229 g/mol. The largest absolute Gasteiger partial charge is 0.307 e. The molecule has 0 spiro atoms. The zero-order valence-electron chi connectivity index (χ0n) is 8.18. The first-order valence-corrected chi connectivity index (χ1v) is 5.38. The number of H-pyrrole nitrogens is 1. The first kappa shape index (κ1) is 10.3. The molecule has 0 bridgehead atoms. The molecule has 2 aromatic heterocycles. The lowest BCUT2D eigenvalue weighted by atomic mass is 10.3. The molecule has 0 aromatic carbocycles. The number of nitrogens with zero attached hydrogens (tertiary/aromatic N) is 2. The number of nitrogens with one attached hydrogen (secondary N) is 1. The van der Waals surface area contributed by atoms with Crippen molar-refractivity contribution in [3.63, 3.8) is 0 Å². The minimum absolute atomic E-state index is 0.182. The van der Waals surface area contributed by atoms with E-state index >= 15 is 0 Å². The number of rotatable bonds is 2. The molecule has 0 unspecified atom stereocenters. The van der Waals surface area contributed by atoms with Crippen molar-refractivity contribution in [1.29, 1.82) is 5.26 Å². The van der Waals surface area contributed by atoms with Gasteiger partial charge < -0.3 is 4.98 Å². The molecule has 5 heteroatoms. The van der Waals surface area contributed by atoms with Crippen LogP contribution in [-0.4, -0.2) is 9.97 Å². The quantitative estimate of drug-likeness (QED) is 0.854. The van der Waals surface area contributed by atoms with Gasteiger partial charge >= 0.3 is 0 Å². The Labute approximate surface area is 95.5 Å². The Bertz CT molecular complexity index is 618. The molecule has 78 valence electrons. The zero-order valence-corrected chi connectivity index (χ0v) is 8.99. The van der Waals surface area contributed by atoms with Gasteiger partial charge in [-0.2, -0.15) is 5.26 Å². The smallest absolute Gasteiger partial charge is 0.251 e. The Morgan fingerprint density at radius 1 is 1.50 bits per heavy atom. The van der Waals surface area contributed by atoms with Gasteiger partial charge in [0.25, 0.3) is 5.56 Å². The second-order valence-electron chi connectivity index (χ2n) is 3.00. The number of hydrogen-bond acceptors (Lipinski definition) is 4. The molecule has 0 aliphatic heterocycles. The van der Waals surface area contributed by atoms with Gasteiger partial charge in [-0.15, -0.1) is 11.3 Å². The first-order valence-electron chi connectivity index (χ1n) is 4.50. The molecular weight excluding hydrogens is 222 g/mol. The van der Waals surface area contributed by atoms with Crippen LogP contribution in [0.2, 0.25) is 0 Å². The van der Waals surface area contributed by atoms with E-state index < -0.39 is 0 Å². The minimum Gasteiger partial charge on any atom is -0.307 e. The van der Waals surface area contributed by atoms with Gasteiger partial charge in [0.2, 0.25) is 0 Å². The molecule has 0 saturated carbocycles. The number of nitriles is 1. The molecule has 0 fully saturated rings. The van der Waals surface area contributed by atoms with Gasteiger partial charge in [-0.3, -0.25) is 4.79 Å². The van der Waals surface area contributed by atoms with Gasteiger partial charge in [0.1, 0.15) is 11.9 Å². The van der Waals surface area contributed by atoms with Gasteiger partial charge in [-0.25, -0.2) is 4.98 Å². The Hall–Kier alpha value is -2.19. The number of hydrogen-bond donors (Lipinski definition) is 1. The van der Waals surface area contributed by atoms with Crippen LogP contribution in [-0.2, 0) is 0 Å². The van der Waals surface area contributed by atoms with Crippen LogP contribution in [0.15, 0.2) is 28.5 Å². The highest BCUT2D eigenvalue weighted by Gasteiger charge is 1.95. The van der Waals surface area contributed by atoms with Crippen LogP contribution in [0, 0.1) is 11.3 Å². The fourth-order valence-corrected chi connectivity index (χ4v) is 1.86. The van der Waals surface area contributed by atoms with Gasteiger partial charge in [-0.05, 0) is 18.2 Å². The summed E-state index contributed by atoms with van der Waals surface area (Å²) >= 11 is 1.47. The molecule has 2 aromatic rings. The summed E-state index contributed by atoms with van der Waals surface area (Å²) in [5.74, 6) is 0.499. The minimum atomic E-state index is -0.182. The first-order chi connectivity index (χ1) is 7.78. The maximum absolute atomic E-state index is 11.0. The lowest BCUT2D eigenvalue weighted by Gasteiger charge is -1.89. The van der Waals surface area contributed by atoms with Crippen molar-refractivity contribution < 1.29 is 0 Å². The molecule has 2 heterocycles. The van der Waals surface area contributed by atoms with Crippen molar-refractivity contribution in [2.75, 3.05) is 0 Å². The average Bonchev–Trinajstić information content (AvgIpc) is 2.74. The third kappa shape index (κ3) is 2.43. The van der Waals surface area contributed by atoms with Crippen LogP contribution in [0.4, 0.5) is 0 Å². The fraction of sp³-hybridized carbons (Fsp3) is 0. The van der Waals surface area contributed by atoms with Crippen molar-refractivity contribution in [2.24, 2.45) is 0 Å². The molecule has 0 amide bonds. The maximum Gasteiger partial charge on any atom is 0.251 e.